The number of nitro benzene ring substituents is 1. The Labute approximate surface area is 142 Å². The first kappa shape index (κ1) is 17.4. The molecule has 1 aromatic carbocycles. The molecule has 8 heteroatoms. The van der Waals surface area contributed by atoms with Crippen LogP contribution in [0, 0.1) is 10.1 Å². The summed E-state index contributed by atoms with van der Waals surface area (Å²) in [6, 6.07) is 8.03. The summed E-state index contributed by atoms with van der Waals surface area (Å²) in [7, 11) is 3.87. The lowest BCUT2D eigenvalue weighted by atomic mass is 10.1. The van der Waals surface area contributed by atoms with Crippen molar-refractivity contribution in [2.45, 2.75) is 6.04 Å². The Balaban J connectivity index is 2.10. The zero-order chi connectivity index (χ0) is 17.0. The number of halogens is 1. The van der Waals surface area contributed by atoms with Crippen LogP contribution in [0.5, 0.6) is 0 Å². The molecular formula is C15H16ClN3O3S. The summed E-state index contributed by atoms with van der Waals surface area (Å²) in [5, 5.41) is 15.7. The van der Waals surface area contributed by atoms with Crippen molar-refractivity contribution < 1.29 is 9.72 Å². The van der Waals surface area contributed by atoms with Gasteiger partial charge in [0.2, 0.25) is 0 Å². The summed E-state index contributed by atoms with van der Waals surface area (Å²) in [5.41, 5.74) is -0.0634. The lowest BCUT2D eigenvalue weighted by molar-refractivity contribution is -0.384. The second kappa shape index (κ2) is 7.54. The van der Waals surface area contributed by atoms with Crippen LogP contribution in [0.2, 0.25) is 5.02 Å². The number of amides is 1. The Kier molecular flexibility index (Phi) is 5.70. The van der Waals surface area contributed by atoms with E-state index < -0.39 is 4.92 Å². The predicted octanol–water partition coefficient (Wildman–Crippen LogP) is 3.34. The first-order valence-corrected chi connectivity index (χ1v) is 8.08. The molecule has 0 radical (unpaired) electrons. The van der Waals surface area contributed by atoms with Crippen LogP contribution < -0.4 is 5.32 Å². The summed E-state index contributed by atoms with van der Waals surface area (Å²) < 4.78 is 0. The summed E-state index contributed by atoms with van der Waals surface area (Å²) in [4.78, 5) is 25.7. The van der Waals surface area contributed by atoms with E-state index in [0.29, 0.717) is 6.54 Å². The van der Waals surface area contributed by atoms with Crippen molar-refractivity contribution in [1.29, 1.82) is 0 Å². The van der Waals surface area contributed by atoms with E-state index in [1.807, 2.05) is 36.5 Å². The highest BCUT2D eigenvalue weighted by molar-refractivity contribution is 7.10. The molecule has 0 fully saturated rings. The van der Waals surface area contributed by atoms with Crippen molar-refractivity contribution >= 4 is 34.5 Å². The third-order valence-electron chi connectivity index (χ3n) is 3.36. The van der Waals surface area contributed by atoms with E-state index in [2.05, 4.69) is 5.32 Å². The number of carbonyl (C=O) groups excluding carboxylic acids is 1. The molecule has 2 aromatic rings. The van der Waals surface area contributed by atoms with Crippen LogP contribution in [0.1, 0.15) is 21.3 Å². The molecule has 1 aromatic heterocycles. The largest absolute Gasteiger partial charge is 0.350 e. The van der Waals surface area contributed by atoms with E-state index in [-0.39, 0.29) is 28.2 Å². The Morgan fingerprint density at radius 2 is 2.17 bits per heavy atom. The number of carbonyl (C=O) groups is 1. The van der Waals surface area contributed by atoms with E-state index in [4.69, 9.17) is 11.6 Å². The third kappa shape index (κ3) is 4.28. The van der Waals surface area contributed by atoms with Crippen LogP contribution in [0.25, 0.3) is 0 Å². The first-order chi connectivity index (χ1) is 10.9. The number of nitro groups is 1. The molecule has 0 saturated heterocycles. The van der Waals surface area contributed by atoms with E-state index in [1.165, 1.54) is 18.2 Å². The van der Waals surface area contributed by atoms with Crippen molar-refractivity contribution in [3.05, 3.63) is 61.3 Å². The van der Waals surface area contributed by atoms with E-state index in [0.717, 1.165) is 4.88 Å². The van der Waals surface area contributed by atoms with Crippen LogP contribution in [0.15, 0.2) is 35.7 Å². The van der Waals surface area contributed by atoms with Crippen LogP contribution in [0.3, 0.4) is 0 Å². The quantitative estimate of drug-likeness (QED) is 0.638. The van der Waals surface area contributed by atoms with Gasteiger partial charge in [-0.3, -0.25) is 14.9 Å². The molecule has 23 heavy (non-hydrogen) atoms. The molecule has 1 heterocycles. The number of rotatable bonds is 6. The van der Waals surface area contributed by atoms with Gasteiger partial charge in [-0.05, 0) is 37.7 Å². The lowest BCUT2D eigenvalue weighted by Gasteiger charge is -2.23. The molecule has 0 bridgehead atoms. The first-order valence-electron chi connectivity index (χ1n) is 6.82. The number of nitrogens with one attached hydrogen (secondary N) is 1. The van der Waals surface area contributed by atoms with Crippen molar-refractivity contribution in [3.8, 4) is 0 Å². The monoisotopic (exact) mass is 353 g/mol. The molecule has 6 nitrogen and oxygen atoms in total. The molecule has 0 saturated carbocycles. The fourth-order valence-electron chi connectivity index (χ4n) is 2.10. The Bertz CT molecular complexity index is 704. The Hall–Kier alpha value is -1.96. The number of benzene rings is 1. The molecule has 0 spiro atoms. The zero-order valence-electron chi connectivity index (χ0n) is 12.7. The average molecular weight is 354 g/mol. The Morgan fingerprint density at radius 1 is 1.43 bits per heavy atom. The van der Waals surface area contributed by atoms with Crippen LogP contribution in [-0.4, -0.2) is 36.4 Å². The van der Waals surface area contributed by atoms with Gasteiger partial charge < -0.3 is 10.2 Å². The number of nitrogens with zero attached hydrogens (tertiary/aromatic N) is 2. The van der Waals surface area contributed by atoms with Gasteiger partial charge in [0, 0.05) is 23.1 Å². The van der Waals surface area contributed by atoms with Crippen molar-refractivity contribution in [3.63, 3.8) is 0 Å². The number of likely N-dealkylation sites (N-methyl/N-ethyl adjacent to an activating group) is 1. The van der Waals surface area contributed by atoms with Crippen molar-refractivity contribution in [1.82, 2.24) is 10.2 Å². The smallest absolute Gasteiger partial charge is 0.288 e. The predicted molar refractivity (Wildman–Crippen MR) is 91.2 cm³/mol. The molecule has 0 aliphatic carbocycles. The molecule has 2 rings (SSSR count). The van der Waals surface area contributed by atoms with Crippen molar-refractivity contribution in [2.24, 2.45) is 0 Å². The number of hydrogen-bond acceptors (Lipinski definition) is 5. The molecule has 122 valence electrons. The third-order valence-corrected chi connectivity index (χ3v) is 4.65. The summed E-state index contributed by atoms with van der Waals surface area (Å²) in [5.74, 6) is -0.367. The molecule has 1 atom stereocenters. The van der Waals surface area contributed by atoms with Gasteiger partial charge in [-0.15, -0.1) is 11.3 Å². The molecule has 1 N–H and O–H groups in total. The standard InChI is InChI=1S/C15H16ClN3O3S/c1-18(2)13(14-4-3-7-23-14)9-17-15(20)10-5-6-11(16)12(8-10)19(21)22/h3-8,13H,9H2,1-2H3,(H,17,20)/t13-/m0/s1. The fraction of sp³-hybridized carbons (Fsp3) is 0.267. The molecule has 0 unspecified atom stereocenters. The van der Waals surface area contributed by atoms with E-state index >= 15 is 0 Å². The Morgan fingerprint density at radius 3 is 2.74 bits per heavy atom. The second-order valence-corrected chi connectivity index (χ2v) is 6.51. The van der Waals surface area contributed by atoms with E-state index in [9.17, 15) is 14.9 Å². The number of hydrogen-bond donors (Lipinski definition) is 1. The highest BCUT2D eigenvalue weighted by atomic mass is 35.5. The van der Waals surface area contributed by atoms with Gasteiger partial charge in [0.1, 0.15) is 5.02 Å². The average Bonchev–Trinajstić information content (AvgIpc) is 3.01. The molecule has 0 aliphatic heterocycles. The van der Waals surface area contributed by atoms with Gasteiger partial charge >= 0.3 is 0 Å². The van der Waals surface area contributed by atoms with Crippen LogP contribution in [0.4, 0.5) is 5.69 Å². The summed E-state index contributed by atoms with van der Waals surface area (Å²) in [6.07, 6.45) is 0. The normalized spacial score (nSPS) is 12.2. The van der Waals surface area contributed by atoms with Gasteiger partial charge in [-0.1, -0.05) is 17.7 Å². The molecule has 1 amide bonds. The minimum atomic E-state index is -0.604. The SMILES string of the molecule is CN(C)[C@@H](CNC(=O)c1ccc(Cl)c([N+](=O)[O-])c1)c1cccs1. The molecule has 0 aliphatic rings. The van der Waals surface area contributed by atoms with Crippen LogP contribution in [-0.2, 0) is 0 Å². The summed E-state index contributed by atoms with van der Waals surface area (Å²) >= 11 is 7.37. The van der Waals surface area contributed by atoms with Gasteiger partial charge in [-0.2, -0.15) is 0 Å². The minimum absolute atomic E-state index is 0.0105. The van der Waals surface area contributed by atoms with Gasteiger partial charge in [0.05, 0.1) is 11.0 Å². The maximum atomic E-state index is 12.2. The maximum Gasteiger partial charge on any atom is 0.288 e. The van der Waals surface area contributed by atoms with Crippen LogP contribution >= 0.6 is 22.9 Å². The number of thiophene rings is 1. The van der Waals surface area contributed by atoms with E-state index in [1.54, 1.807) is 11.3 Å². The second-order valence-electron chi connectivity index (χ2n) is 5.13. The highest BCUT2D eigenvalue weighted by Crippen LogP contribution is 2.25. The fourth-order valence-corrected chi connectivity index (χ4v) is 3.21. The summed E-state index contributed by atoms with van der Waals surface area (Å²) in [6.45, 7) is 0.406. The highest BCUT2D eigenvalue weighted by Gasteiger charge is 2.19. The van der Waals surface area contributed by atoms with Gasteiger partial charge in [0.15, 0.2) is 0 Å². The lowest BCUT2D eigenvalue weighted by Crippen LogP contribution is -2.34. The maximum absolute atomic E-state index is 12.2. The van der Waals surface area contributed by atoms with Gasteiger partial charge in [-0.25, -0.2) is 0 Å². The minimum Gasteiger partial charge on any atom is -0.350 e. The van der Waals surface area contributed by atoms with Gasteiger partial charge in [0.25, 0.3) is 11.6 Å². The van der Waals surface area contributed by atoms with Crippen molar-refractivity contribution in [2.75, 3.05) is 20.6 Å². The molecular weight excluding hydrogens is 338 g/mol. The zero-order valence-corrected chi connectivity index (χ0v) is 14.2. The topological polar surface area (TPSA) is 75.5 Å².